The average Bonchev–Trinajstić information content (AvgIpc) is 2.34. The van der Waals surface area contributed by atoms with E-state index in [1.165, 1.54) is 56.4 Å². The summed E-state index contributed by atoms with van der Waals surface area (Å²) in [5, 5.41) is 0. The van der Waals surface area contributed by atoms with Crippen molar-refractivity contribution < 1.29 is 0 Å². The topological polar surface area (TPSA) is 3.24 Å². The van der Waals surface area contributed by atoms with Crippen molar-refractivity contribution in [3.05, 3.63) is 35.4 Å². The van der Waals surface area contributed by atoms with Gasteiger partial charge in [-0.15, -0.1) is 0 Å². The largest absolute Gasteiger partial charge is 0.303 e. The maximum absolute atomic E-state index is 2.64. The molecular formula is C17H27N. The SMILES string of the molecule is Cc1ccccc1CCCN1CCC(C)(C)CC1. The van der Waals surface area contributed by atoms with Gasteiger partial charge in [-0.25, -0.2) is 0 Å². The summed E-state index contributed by atoms with van der Waals surface area (Å²) in [5.41, 5.74) is 3.54. The van der Waals surface area contributed by atoms with E-state index in [-0.39, 0.29) is 0 Å². The monoisotopic (exact) mass is 245 g/mol. The molecule has 1 heteroatoms. The van der Waals surface area contributed by atoms with Crippen LogP contribution in [0.3, 0.4) is 0 Å². The number of nitrogens with zero attached hydrogens (tertiary/aromatic N) is 1. The Morgan fingerprint density at radius 2 is 1.78 bits per heavy atom. The van der Waals surface area contributed by atoms with E-state index in [1.807, 2.05) is 0 Å². The van der Waals surface area contributed by atoms with Gasteiger partial charge < -0.3 is 4.90 Å². The van der Waals surface area contributed by atoms with Gasteiger partial charge in [0.1, 0.15) is 0 Å². The molecule has 1 aliphatic heterocycles. The van der Waals surface area contributed by atoms with E-state index in [2.05, 4.69) is 49.9 Å². The Hall–Kier alpha value is -0.820. The molecule has 0 spiro atoms. The molecule has 0 N–H and O–H groups in total. The molecule has 0 saturated carbocycles. The van der Waals surface area contributed by atoms with E-state index < -0.39 is 0 Å². The molecule has 0 radical (unpaired) electrons. The Morgan fingerprint density at radius 3 is 2.44 bits per heavy atom. The van der Waals surface area contributed by atoms with Crippen LogP contribution in [0.2, 0.25) is 0 Å². The lowest BCUT2D eigenvalue weighted by Crippen LogP contribution is -2.37. The highest BCUT2D eigenvalue weighted by Gasteiger charge is 2.24. The summed E-state index contributed by atoms with van der Waals surface area (Å²) in [6, 6.07) is 8.78. The van der Waals surface area contributed by atoms with Gasteiger partial charge in [0.25, 0.3) is 0 Å². The maximum atomic E-state index is 2.64. The van der Waals surface area contributed by atoms with Gasteiger partial charge in [0.2, 0.25) is 0 Å². The molecule has 0 bridgehead atoms. The predicted molar refractivity (Wildman–Crippen MR) is 79.0 cm³/mol. The summed E-state index contributed by atoms with van der Waals surface area (Å²) in [7, 11) is 0. The molecule has 1 fully saturated rings. The van der Waals surface area contributed by atoms with E-state index in [9.17, 15) is 0 Å². The summed E-state index contributed by atoms with van der Waals surface area (Å²) in [6.07, 6.45) is 5.24. The van der Waals surface area contributed by atoms with Crippen molar-refractivity contribution in [3.63, 3.8) is 0 Å². The smallest absolute Gasteiger partial charge is 0.00136 e. The number of hydrogen-bond acceptors (Lipinski definition) is 1. The number of benzene rings is 1. The van der Waals surface area contributed by atoms with Crippen molar-refractivity contribution >= 4 is 0 Å². The fraction of sp³-hybridized carbons (Fsp3) is 0.647. The molecule has 2 rings (SSSR count). The van der Waals surface area contributed by atoms with Gasteiger partial charge in [-0.2, -0.15) is 0 Å². The number of rotatable bonds is 4. The van der Waals surface area contributed by atoms with Crippen molar-refractivity contribution in [3.8, 4) is 0 Å². The van der Waals surface area contributed by atoms with Crippen molar-refractivity contribution in [1.82, 2.24) is 4.90 Å². The van der Waals surface area contributed by atoms with E-state index >= 15 is 0 Å². The Balaban J connectivity index is 1.72. The highest BCUT2D eigenvalue weighted by molar-refractivity contribution is 5.25. The first kappa shape index (κ1) is 13.6. The second-order valence-corrected chi connectivity index (χ2v) is 6.54. The van der Waals surface area contributed by atoms with E-state index in [0.29, 0.717) is 5.41 Å². The van der Waals surface area contributed by atoms with Crippen LogP contribution in [-0.4, -0.2) is 24.5 Å². The lowest BCUT2D eigenvalue weighted by molar-refractivity contribution is 0.132. The lowest BCUT2D eigenvalue weighted by Gasteiger charge is -2.36. The molecular weight excluding hydrogens is 218 g/mol. The van der Waals surface area contributed by atoms with Gasteiger partial charge in [-0.05, 0) is 68.8 Å². The van der Waals surface area contributed by atoms with Crippen LogP contribution in [0.15, 0.2) is 24.3 Å². The molecule has 1 aliphatic rings. The number of hydrogen-bond donors (Lipinski definition) is 0. The summed E-state index contributed by atoms with van der Waals surface area (Å²) in [6.45, 7) is 10.9. The van der Waals surface area contributed by atoms with Crippen LogP contribution in [-0.2, 0) is 6.42 Å². The van der Waals surface area contributed by atoms with Gasteiger partial charge in [0.15, 0.2) is 0 Å². The first-order chi connectivity index (χ1) is 8.57. The van der Waals surface area contributed by atoms with Crippen LogP contribution >= 0.6 is 0 Å². The van der Waals surface area contributed by atoms with Gasteiger partial charge in [-0.1, -0.05) is 38.1 Å². The highest BCUT2D eigenvalue weighted by atomic mass is 15.1. The molecule has 1 saturated heterocycles. The molecule has 1 aromatic carbocycles. The van der Waals surface area contributed by atoms with Gasteiger partial charge in [-0.3, -0.25) is 0 Å². The molecule has 1 heterocycles. The van der Waals surface area contributed by atoms with Crippen LogP contribution in [0.4, 0.5) is 0 Å². The third kappa shape index (κ3) is 3.84. The zero-order valence-corrected chi connectivity index (χ0v) is 12.2. The normalized spacial score (nSPS) is 19.9. The van der Waals surface area contributed by atoms with Crippen LogP contribution < -0.4 is 0 Å². The molecule has 100 valence electrons. The lowest BCUT2D eigenvalue weighted by atomic mass is 9.82. The maximum Gasteiger partial charge on any atom is -0.00136 e. The summed E-state index contributed by atoms with van der Waals surface area (Å²) < 4.78 is 0. The molecule has 18 heavy (non-hydrogen) atoms. The Kier molecular flexibility index (Phi) is 4.45. The summed E-state index contributed by atoms with van der Waals surface area (Å²) in [5.74, 6) is 0. The third-order valence-corrected chi connectivity index (χ3v) is 4.39. The standard InChI is InChI=1S/C17H27N/c1-15-7-4-5-8-16(15)9-6-12-18-13-10-17(2,3)11-14-18/h4-5,7-8H,6,9-14H2,1-3H3. The first-order valence-corrected chi connectivity index (χ1v) is 7.34. The quantitative estimate of drug-likeness (QED) is 0.773. The van der Waals surface area contributed by atoms with Crippen molar-refractivity contribution in [2.24, 2.45) is 5.41 Å². The second kappa shape index (κ2) is 5.88. The van der Waals surface area contributed by atoms with E-state index in [1.54, 1.807) is 0 Å². The van der Waals surface area contributed by atoms with Crippen molar-refractivity contribution in [2.45, 2.75) is 46.5 Å². The zero-order valence-electron chi connectivity index (χ0n) is 12.2. The zero-order chi connectivity index (χ0) is 13.0. The van der Waals surface area contributed by atoms with Crippen LogP contribution in [0.1, 0.15) is 44.2 Å². The Labute approximate surface area is 112 Å². The van der Waals surface area contributed by atoms with Crippen molar-refractivity contribution in [2.75, 3.05) is 19.6 Å². The molecule has 0 aliphatic carbocycles. The minimum absolute atomic E-state index is 0.576. The Bertz CT molecular complexity index is 371. The summed E-state index contributed by atoms with van der Waals surface area (Å²) >= 11 is 0. The van der Waals surface area contributed by atoms with Gasteiger partial charge in [0, 0.05) is 0 Å². The molecule has 1 nitrogen and oxygen atoms in total. The third-order valence-electron chi connectivity index (χ3n) is 4.39. The predicted octanol–water partition coefficient (Wildman–Crippen LogP) is 4.05. The fourth-order valence-electron chi connectivity index (χ4n) is 2.77. The number of piperidine rings is 1. The highest BCUT2D eigenvalue weighted by Crippen LogP contribution is 2.29. The molecule has 0 unspecified atom stereocenters. The van der Waals surface area contributed by atoms with Gasteiger partial charge in [0.05, 0.1) is 0 Å². The van der Waals surface area contributed by atoms with Gasteiger partial charge >= 0.3 is 0 Å². The van der Waals surface area contributed by atoms with E-state index in [4.69, 9.17) is 0 Å². The summed E-state index contributed by atoms with van der Waals surface area (Å²) in [4.78, 5) is 2.64. The fourth-order valence-corrected chi connectivity index (χ4v) is 2.77. The first-order valence-electron chi connectivity index (χ1n) is 7.34. The minimum Gasteiger partial charge on any atom is -0.303 e. The van der Waals surface area contributed by atoms with Crippen LogP contribution in [0, 0.1) is 12.3 Å². The van der Waals surface area contributed by atoms with Crippen molar-refractivity contribution in [1.29, 1.82) is 0 Å². The average molecular weight is 245 g/mol. The molecule has 1 aromatic rings. The molecule has 0 atom stereocenters. The Morgan fingerprint density at radius 1 is 1.11 bits per heavy atom. The molecule has 0 amide bonds. The molecule has 0 aromatic heterocycles. The second-order valence-electron chi connectivity index (χ2n) is 6.54. The van der Waals surface area contributed by atoms with Crippen LogP contribution in [0.25, 0.3) is 0 Å². The van der Waals surface area contributed by atoms with E-state index in [0.717, 1.165) is 0 Å². The minimum atomic E-state index is 0.576. The van der Waals surface area contributed by atoms with Crippen LogP contribution in [0.5, 0.6) is 0 Å². The number of likely N-dealkylation sites (tertiary alicyclic amines) is 1. The number of aryl methyl sites for hydroxylation is 2.